The van der Waals surface area contributed by atoms with Gasteiger partial charge < -0.3 is 9.84 Å². The normalized spacial score (nSPS) is 18.8. The molecule has 1 saturated heterocycles. The van der Waals surface area contributed by atoms with E-state index in [9.17, 15) is 24.8 Å². The molecule has 7 nitrogen and oxygen atoms in total. The largest absolute Gasteiger partial charge is 0.507 e. The van der Waals surface area contributed by atoms with E-state index < -0.39 is 28.5 Å². The Morgan fingerprint density at radius 2 is 1.68 bits per heavy atom. The Balaban J connectivity index is 2.07. The van der Waals surface area contributed by atoms with Gasteiger partial charge >= 0.3 is 5.97 Å². The molecule has 0 spiro atoms. The maximum atomic E-state index is 12.1. The highest BCUT2D eigenvalue weighted by atomic mass is 35.5. The summed E-state index contributed by atoms with van der Waals surface area (Å²) in [5, 5.41) is 21.6. The number of carbonyl (C=O) groups excluding carboxylic acids is 2. The molecule has 0 bridgehead atoms. The summed E-state index contributed by atoms with van der Waals surface area (Å²) in [5.74, 6) is -2.47. The number of aliphatic hydroxyl groups excluding tert-OH is 1. The highest BCUT2D eigenvalue weighted by Gasteiger charge is 2.42. The van der Waals surface area contributed by atoms with Gasteiger partial charge in [-0.05, 0) is 42.0 Å². The van der Waals surface area contributed by atoms with Crippen molar-refractivity contribution in [2.24, 2.45) is 0 Å². The molecule has 0 saturated carbocycles. The zero-order valence-electron chi connectivity index (χ0n) is 12.5. The zero-order valence-corrected chi connectivity index (χ0v) is 13.3. The minimum absolute atomic E-state index is 0.146. The van der Waals surface area contributed by atoms with Crippen molar-refractivity contribution in [1.29, 1.82) is 0 Å². The molecular formula is C17H10ClNO6. The van der Waals surface area contributed by atoms with Crippen LogP contribution in [0.15, 0.2) is 54.1 Å². The second-order valence-electron chi connectivity index (χ2n) is 5.23. The van der Waals surface area contributed by atoms with E-state index >= 15 is 0 Å². The van der Waals surface area contributed by atoms with E-state index in [1.165, 1.54) is 48.5 Å². The van der Waals surface area contributed by atoms with Gasteiger partial charge in [-0.15, -0.1) is 0 Å². The molecule has 0 unspecified atom stereocenters. The molecule has 8 heteroatoms. The number of ketones is 1. The minimum Gasteiger partial charge on any atom is -0.507 e. The number of nitro groups is 1. The molecule has 1 fully saturated rings. The van der Waals surface area contributed by atoms with E-state index in [1.807, 2.05) is 0 Å². The topological polar surface area (TPSA) is 107 Å². The maximum absolute atomic E-state index is 12.1. The fourth-order valence-electron chi connectivity index (χ4n) is 2.45. The molecule has 2 aromatic carbocycles. The van der Waals surface area contributed by atoms with Crippen LogP contribution in [-0.2, 0) is 14.3 Å². The predicted molar refractivity (Wildman–Crippen MR) is 87.9 cm³/mol. The summed E-state index contributed by atoms with van der Waals surface area (Å²) in [4.78, 5) is 34.0. The lowest BCUT2D eigenvalue weighted by atomic mass is 9.96. The highest BCUT2D eigenvalue weighted by molar-refractivity contribution is 6.44. The van der Waals surface area contributed by atoms with Gasteiger partial charge in [-0.2, -0.15) is 0 Å². The van der Waals surface area contributed by atoms with Gasteiger partial charge in [0, 0.05) is 22.7 Å². The Morgan fingerprint density at radius 3 is 2.24 bits per heavy atom. The first-order valence-electron chi connectivity index (χ1n) is 7.07. The van der Waals surface area contributed by atoms with Crippen molar-refractivity contribution in [1.82, 2.24) is 0 Å². The third-order valence-corrected chi connectivity index (χ3v) is 3.95. The monoisotopic (exact) mass is 359 g/mol. The molecule has 1 atom stereocenters. The number of non-ortho nitro benzene ring substituents is 1. The van der Waals surface area contributed by atoms with Crippen LogP contribution in [0.4, 0.5) is 5.69 Å². The summed E-state index contributed by atoms with van der Waals surface area (Å²) in [7, 11) is 0. The Bertz CT molecular complexity index is 902. The molecule has 0 aliphatic carbocycles. The number of benzene rings is 2. The first-order valence-corrected chi connectivity index (χ1v) is 7.45. The van der Waals surface area contributed by atoms with Crippen molar-refractivity contribution in [3.05, 3.63) is 80.4 Å². The second kappa shape index (κ2) is 6.37. The predicted octanol–water partition coefficient (Wildman–Crippen LogP) is 3.38. The van der Waals surface area contributed by atoms with E-state index in [0.29, 0.717) is 10.6 Å². The first-order chi connectivity index (χ1) is 11.9. The first kappa shape index (κ1) is 16.7. The van der Waals surface area contributed by atoms with Crippen LogP contribution in [0.3, 0.4) is 0 Å². The second-order valence-corrected chi connectivity index (χ2v) is 5.67. The Morgan fingerprint density at radius 1 is 1.08 bits per heavy atom. The summed E-state index contributed by atoms with van der Waals surface area (Å²) in [6.07, 6.45) is -1.14. The van der Waals surface area contributed by atoms with Crippen LogP contribution in [0, 0.1) is 10.1 Å². The van der Waals surface area contributed by atoms with Crippen LogP contribution in [-0.4, -0.2) is 21.8 Å². The number of Topliss-reactive ketones (excluding diaryl/α,β-unsaturated/α-hetero) is 1. The number of cyclic esters (lactones) is 1. The molecule has 0 radical (unpaired) electrons. The molecule has 0 amide bonds. The lowest BCUT2D eigenvalue weighted by Crippen LogP contribution is -2.08. The molecule has 1 aliphatic rings. The quantitative estimate of drug-likeness (QED) is 0.225. The lowest BCUT2D eigenvalue weighted by molar-refractivity contribution is -0.384. The summed E-state index contributed by atoms with van der Waals surface area (Å²) in [5.41, 5.74) is 0.256. The highest BCUT2D eigenvalue weighted by Crippen LogP contribution is 2.37. The number of hydrogen-bond donors (Lipinski definition) is 1. The van der Waals surface area contributed by atoms with Gasteiger partial charge in [0.1, 0.15) is 5.76 Å². The summed E-state index contributed by atoms with van der Waals surface area (Å²) >= 11 is 5.79. The van der Waals surface area contributed by atoms with E-state index in [1.54, 1.807) is 0 Å². The van der Waals surface area contributed by atoms with Gasteiger partial charge in [0.15, 0.2) is 6.10 Å². The number of nitrogens with zero attached hydrogens (tertiary/aromatic N) is 1. The summed E-state index contributed by atoms with van der Waals surface area (Å²) < 4.78 is 5.04. The van der Waals surface area contributed by atoms with Gasteiger partial charge in [-0.25, -0.2) is 4.79 Å². The van der Waals surface area contributed by atoms with Crippen molar-refractivity contribution in [3.8, 4) is 0 Å². The summed E-state index contributed by atoms with van der Waals surface area (Å²) in [6, 6.07) is 11.2. The molecule has 1 heterocycles. The smallest absolute Gasteiger partial charge is 0.380 e. The van der Waals surface area contributed by atoms with Crippen LogP contribution < -0.4 is 0 Å². The average molecular weight is 360 g/mol. The molecule has 1 aliphatic heterocycles. The number of hydrogen-bond acceptors (Lipinski definition) is 6. The third kappa shape index (κ3) is 3.09. The third-order valence-electron chi connectivity index (χ3n) is 3.70. The van der Waals surface area contributed by atoms with E-state index in [-0.39, 0.29) is 16.8 Å². The Hall–Kier alpha value is -3.19. The van der Waals surface area contributed by atoms with E-state index in [4.69, 9.17) is 16.3 Å². The van der Waals surface area contributed by atoms with Crippen molar-refractivity contribution < 1.29 is 24.4 Å². The van der Waals surface area contributed by atoms with Crippen LogP contribution in [0.25, 0.3) is 5.76 Å². The van der Waals surface area contributed by atoms with Crippen molar-refractivity contribution >= 4 is 34.8 Å². The van der Waals surface area contributed by atoms with Crippen molar-refractivity contribution in [3.63, 3.8) is 0 Å². The molecule has 126 valence electrons. The SMILES string of the molecule is O=C1O[C@H](c2ccc([N+](=O)[O-])cc2)/C(=C(/O)c2ccc(Cl)cc2)C1=O. The molecule has 25 heavy (non-hydrogen) atoms. The summed E-state index contributed by atoms with van der Waals surface area (Å²) in [6.45, 7) is 0. The molecule has 3 rings (SSSR count). The standard InChI is InChI=1S/C17H10ClNO6/c18-11-5-1-9(2-6-11)14(20)13-15(21)17(22)25-16(13)10-3-7-12(8-4-10)19(23)24/h1-8,16,20H/b14-13+/t16-/m1/s1. The minimum atomic E-state index is -1.14. The molecule has 2 aromatic rings. The van der Waals surface area contributed by atoms with Gasteiger partial charge in [-0.1, -0.05) is 11.6 Å². The maximum Gasteiger partial charge on any atom is 0.380 e. The van der Waals surface area contributed by atoms with E-state index in [0.717, 1.165) is 0 Å². The number of rotatable bonds is 3. The Kier molecular flexibility index (Phi) is 4.24. The van der Waals surface area contributed by atoms with Crippen LogP contribution in [0.2, 0.25) is 5.02 Å². The van der Waals surface area contributed by atoms with Crippen LogP contribution in [0.5, 0.6) is 0 Å². The molecule has 0 aromatic heterocycles. The number of halogens is 1. The average Bonchev–Trinajstić information content (AvgIpc) is 2.90. The fraction of sp³-hybridized carbons (Fsp3) is 0.0588. The van der Waals surface area contributed by atoms with Crippen molar-refractivity contribution in [2.45, 2.75) is 6.10 Å². The van der Waals surface area contributed by atoms with Gasteiger partial charge in [0.05, 0.1) is 10.5 Å². The number of esters is 1. The lowest BCUT2D eigenvalue weighted by Gasteiger charge is -2.12. The van der Waals surface area contributed by atoms with Crippen molar-refractivity contribution in [2.75, 3.05) is 0 Å². The number of nitro benzene ring substituents is 1. The Labute approximate surface area is 146 Å². The molecular weight excluding hydrogens is 350 g/mol. The number of aliphatic hydroxyl groups is 1. The van der Waals surface area contributed by atoms with E-state index in [2.05, 4.69) is 0 Å². The number of carbonyl (C=O) groups is 2. The zero-order chi connectivity index (χ0) is 18.1. The van der Waals surface area contributed by atoms with Gasteiger partial charge in [0.2, 0.25) is 0 Å². The fourth-order valence-corrected chi connectivity index (χ4v) is 2.58. The van der Waals surface area contributed by atoms with Gasteiger partial charge in [0.25, 0.3) is 11.5 Å². The van der Waals surface area contributed by atoms with Crippen LogP contribution in [0.1, 0.15) is 17.2 Å². The van der Waals surface area contributed by atoms with Crippen LogP contribution >= 0.6 is 11.6 Å². The van der Waals surface area contributed by atoms with Gasteiger partial charge in [-0.3, -0.25) is 14.9 Å². The number of ether oxygens (including phenoxy) is 1. The molecule has 1 N–H and O–H groups in total.